The molecule has 4 rings (SSSR count). The molecule has 0 amide bonds. The highest BCUT2D eigenvalue weighted by molar-refractivity contribution is 6.05. The van der Waals surface area contributed by atoms with Gasteiger partial charge in [-0.05, 0) is 67.6 Å². The Kier molecular flexibility index (Phi) is 6.91. The van der Waals surface area contributed by atoms with Crippen molar-refractivity contribution in [3.05, 3.63) is 82.6 Å². The second-order valence-electron chi connectivity index (χ2n) is 7.64. The summed E-state index contributed by atoms with van der Waals surface area (Å²) >= 11 is 0. The molecule has 3 aromatic carbocycles. The average Bonchev–Trinajstić information content (AvgIpc) is 3.25. The van der Waals surface area contributed by atoms with Gasteiger partial charge >= 0.3 is 0 Å². The summed E-state index contributed by atoms with van der Waals surface area (Å²) in [5.41, 5.74) is 3.41. The van der Waals surface area contributed by atoms with Gasteiger partial charge in [-0.1, -0.05) is 6.07 Å². The highest BCUT2D eigenvalue weighted by atomic mass is 16.5. The van der Waals surface area contributed by atoms with Gasteiger partial charge in [0.25, 0.3) is 5.56 Å². The molecule has 4 aromatic rings. The van der Waals surface area contributed by atoms with Gasteiger partial charge in [-0.15, -0.1) is 0 Å². The first kappa shape index (κ1) is 23.7. The van der Waals surface area contributed by atoms with Gasteiger partial charge < -0.3 is 18.9 Å². The maximum Gasteiger partial charge on any atom is 0.280 e. The minimum atomic E-state index is -0.232. The van der Waals surface area contributed by atoms with E-state index >= 15 is 0 Å². The summed E-state index contributed by atoms with van der Waals surface area (Å²) < 4.78 is 23.0. The Bertz CT molecular complexity index is 1400. The number of para-hydroxylation sites is 1. The van der Waals surface area contributed by atoms with E-state index in [1.165, 1.54) is 4.68 Å². The van der Waals surface area contributed by atoms with Crippen LogP contribution in [0, 0.1) is 0 Å². The van der Waals surface area contributed by atoms with Crippen LogP contribution in [0.15, 0.2) is 76.5 Å². The van der Waals surface area contributed by atoms with Gasteiger partial charge in [0.2, 0.25) is 0 Å². The zero-order valence-electron chi connectivity index (χ0n) is 20.3. The van der Waals surface area contributed by atoms with E-state index < -0.39 is 0 Å². The topological polar surface area (TPSA) is 87.1 Å². The summed E-state index contributed by atoms with van der Waals surface area (Å²) in [5.74, 6) is 2.47. The summed E-state index contributed by atoms with van der Waals surface area (Å²) in [7, 11) is 6.34. The van der Waals surface area contributed by atoms with Crippen molar-refractivity contribution in [3.8, 4) is 39.9 Å². The van der Waals surface area contributed by atoms with E-state index in [1.807, 2.05) is 48.5 Å². The van der Waals surface area contributed by atoms with Crippen LogP contribution in [0.2, 0.25) is 0 Å². The maximum absolute atomic E-state index is 13.7. The summed E-state index contributed by atoms with van der Waals surface area (Å²) in [6.07, 6.45) is 0. The number of hydrogen-bond donors (Lipinski definition) is 1. The molecule has 0 unspecified atom stereocenters. The number of aliphatic imine (C=N–C) groups is 1. The van der Waals surface area contributed by atoms with Crippen LogP contribution < -0.4 is 24.5 Å². The standard InChI is InChI=1S/C27H27N3O5/c1-17(28-22-7-6-8-23(34-4)26(22)35-5)24-25(18-9-13-20(32-2)14-10-18)29-30(27(24)31)19-11-15-21(33-3)16-12-19/h6-16,29H,1-5H3. The molecule has 0 saturated carbocycles. The Hall–Kier alpha value is -4.46. The summed E-state index contributed by atoms with van der Waals surface area (Å²) in [6, 6.07) is 20.1. The summed E-state index contributed by atoms with van der Waals surface area (Å²) in [4.78, 5) is 18.4. The predicted molar refractivity (Wildman–Crippen MR) is 136 cm³/mol. The van der Waals surface area contributed by atoms with Crippen molar-refractivity contribution in [1.29, 1.82) is 0 Å². The monoisotopic (exact) mass is 473 g/mol. The van der Waals surface area contributed by atoms with Crippen molar-refractivity contribution < 1.29 is 18.9 Å². The van der Waals surface area contributed by atoms with Crippen molar-refractivity contribution in [1.82, 2.24) is 9.78 Å². The first-order valence-corrected chi connectivity index (χ1v) is 10.9. The number of H-pyrrole nitrogens is 1. The lowest BCUT2D eigenvalue weighted by molar-refractivity contribution is 0.356. The van der Waals surface area contributed by atoms with Crippen LogP contribution in [0.1, 0.15) is 12.5 Å². The predicted octanol–water partition coefficient (Wildman–Crippen LogP) is 5.01. The van der Waals surface area contributed by atoms with Crippen LogP contribution in [-0.2, 0) is 0 Å². The normalized spacial score (nSPS) is 11.3. The van der Waals surface area contributed by atoms with E-state index in [2.05, 4.69) is 5.10 Å². The van der Waals surface area contributed by atoms with E-state index in [1.54, 1.807) is 53.6 Å². The molecule has 0 aliphatic heterocycles. The van der Waals surface area contributed by atoms with Gasteiger partial charge in [0, 0.05) is 5.56 Å². The highest BCUT2D eigenvalue weighted by Crippen LogP contribution is 2.37. The molecule has 0 spiro atoms. The Balaban J connectivity index is 1.91. The molecule has 1 aromatic heterocycles. The molecular formula is C27H27N3O5. The molecule has 0 atom stereocenters. The second-order valence-corrected chi connectivity index (χ2v) is 7.64. The van der Waals surface area contributed by atoms with Crippen molar-refractivity contribution >= 4 is 11.4 Å². The number of ether oxygens (including phenoxy) is 4. The maximum atomic E-state index is 13.7. The number of methoxy groups -OCH3 is 4. The Labute approximate surface area is 203 Å². The van der Waals surface area contributed by atoms with Crippen LogP contribution in [0.25, 0.3) is 16.9 Å². The van der Waals surface area contributed by atoms with Crippen molar-refractivity contribution in [3.63, 3.8) is 0 Å². The van der Waals surface area contributed by atoms with E-state index in [0.717, 1.165) is 11.3 Å². The SMILES string of the molecule is COc1ccc(-c2[nH]n(-c3ccc(OC)cc3)c(=O)c2C(C)=Nc2cccc(OC)c2OC)cc1. The fourth-order valence-corrected chi connectivity index (χ4v) is 3.85. The van der Waals surface area contributed by atoms with Crippen LogP contribution >= 0.6 is 0 Å². The molecule has 0 bridgehead atoms. The van der Waals surface area contributed by atoms with Gasteiger partial charge in [0.1, 0.15) is 17.2 Å². The lowest BCUT2D eigenvalue weighted by atomic mass is 10.0. The third kappa shape index (κ3) is 4.63. The molecule has 0 aliphatic rings. The molecule has 1 N–H and O–H groups in total. The van der Waals surface area contributed by atoms with Crippen molar-refractivity contribution in [2.75, 3.05) is 28.4 Å². The number of nitrogens with one attached hydrogen (secondary N) is 1. The number of hydrogen-bond acceptors (Lipinski definition) is 6. The molecule has 0 aliphatic carbocycles. The average molecular weight is 474 g/mol. The minimum absolute atomic E-state index is 0.232. The lowest BCUT2D eigenvalue weighted by Gasteiger charge is -2.10. The van der Waals surface area contributed by atoms with Gasteiger partial charge in [-0.25, -0.2) is 9.67 Å². The smallest absolute Gasteiger partial charge is 0.280 e. The zero-order valence-corrected chi connectivity index (χ0v) is 20.3. The third-order valence-electron chi connectivity index (χ3n) is 5.63. The molecule has 0 saturated heterocycles. The second kappa shape index (κ2) is 10.2. The molecule has 180 valence electrons. The molecule has 8 heteroatoms. The molecule has 0 fully saturated rings. The van der Waals surface area contributed by atoms with Gasteiger partial charge in [0.05, 0.1) is 51.1 Å². The van der Waals surface area contributed by atoms with Crippen LogP contribution in [0.4, 0.5) is 5.69 Å². The van der Waals surface area contributed by atoms with E-state index in [0.29, 0.717) is 45.6 Å². The number of rotatable bonds is 8. The van der Waals surface area contributed by atoms with Gasteiger partial charge in [0.15, 0.2) is 11.5 Å². The van der Waals surface area contributed by atoms with Crippen LogP contribution in [-0.4, -0.2) is 43.9 Å². The third-order valence-corrected chi connectivity index (χ3v) is 5.63. The Morgan fingerprint density at radius 1 is 0.800 bits per heavy atom. The highest BCUT2D eigenvalue weighted by Gasteiger charge is 2.20. The number of aromatic amines is 1. The molecule has 8 nitrogen and oxygen atoms in total. The van der Waals surface area contributed by atoms with Crippen molar-refractivity contribution in [2.45, 2.75) is 6.92 Å². The number of nitrogens with zero attached hydrogens (tertiary/aromatic N) is 2. The molecular weight excluding hydrogens is 446 g/mol. The van der Waals surface area contributed by atoms with Crippen LogP contribution in [0.5, 0.6) is 23.0 Å². The summed E-state index contributed by atoms with van der Waals surface area (Å²) in [5, 5.41) is 3.26. The Morgan fingerprint density at radius 2 is 1.43 bits per heavy atom. The van der Waals surface area contributed by atoms with E-state index in [-0.39, 0.29) is 5.56 Å². The van der Waals surface area contributed by atoms with Gasteiger partial charge in [-0.3, -0.25) is 9.89 Å². The minimum Gasteiger partial charge on any atom is -0.497 e. The largest absolute Gasteiger partial charge is 0.497 e. The first-order valence-electron chi connectivity index (χ1n) is 10.9. The Morgan fingerprint density at radius 3 is 2.00 bits per heavy atom. The lowest BCUT2D eigenvalue weighted by Crippen LogP contribution is -2.19. The zero-order chi connectivity index (χ0) is 24.9. The van der Waals surface area contributed by atoms with Crippen LogP contribution in [0.3, 0.4) is 0 Å². The fraction of sp³-hybridized carbons (Fsp3) is 0.185. The number of aromatic nitrogens is 2. The molecule has 0 radical (unpaired) electrons. The molecule has 35 heavy (non-hydrogen) atoms. The fourth-order valence-electron chi connectivity index (χ4n) is 3.85. The molecule has 1 heterocycles. The number of benzene rings is 3. The van der Waals surface area contributed by atoms with Crippen molar-refractivity contribution in [2.24, 2.45) is 4.99 Å². The van der Waals surface area contributed by atoms with E-state index in [9.17, 15) is 4.79 Å². The first-order chi connectivity index (χ1) is 17.0. The van der Waals surface area contributed by atoms with E-state index in [4.69, 9.17) is 23.9 Å². The summed E-state index contributed by atoms with van der Waals surface area (Å²) in [6.45, 7) is 1.80. The van der Waals surface area contributed by atoms with Gasteiger partial charge in [-0.2, -0.15) is 0 Å². The quantitative estimate of drug-likeness (QED) is 0.364.